The molecule has 1 aliphatic heterocycles. The first-order chi connectivity index (χ1) is 7.50. The largest absolute Gasteiger partial charge is 0.397 e. The van der Waals surface area contributed by atoms with Gasteiger partial charge in [0.25, 0.3) is 0 Å². The van der Waals surface area contributed by atoms with Gasteiger partial charge in [-0.1, -0.05) is 18.5 Å². The van der Waals surface area contributed by atoms with Crippen LogP contribution in [0.2, 0.25) is 5.02 Å². The summed E-state index contributed by atoms with van der Waals surface area (Å²) in [5.41, 5.74) is 12.3. The Balaban J connectivity index is 2.44. The quantitative estimate of drug-likeness (QED) is 0.745. The second kappa shape index (κ2) is 4.01. The van der Waals surface area contributed by atoms with Crippen molar-refractivity contribution in [3.05, 3.63) is 16.9 Å². The van der Waals surface area contributed by atoms with E-state index in [2.05, 4.69) is 6.92 Å². The third-order valence-corrected chi connectivity index (χ3v) is 3.36. The summed E-state index contributed by atoms with van der Waals surface area (Å²) >= 11 is 5.79. The molecule has 0 spiro atoms. The summed E-state index contributed by atoms with van der Waals surface area (Å²) in [6.07, 6.45) is 1.04. The predicted molar refractivity (Wildman–Crippen MR) is 66.2 cm³/mol. The molecule has 0 amide bonds. The van der Waals surface area contributed by atoms with Crippen LogP contribution in [0.25, 0.3) is 0 Å². The van der Waals surface area contributed by atoms with Crippen LogP contribution in [0.1, 0.15) is 13.3 Å². The molecule has 1 unspecified atom stereocenters. The molecule has 1 fully saturated rings. The number of hydrogen-bond acceptors (Lipinski definition) is 3. The molecule has 1 saturated heterocycles. The van der Waals surface area contributed by atoms with Gasteiger partial charge in [0, 0.05) is 13.1 Å². The summed E-state index contributed by atoms with van der Waals surface area (Å²) in [5, 5.41) is -0.0382. The highest BCUT2D eigenvalue weighted by atomic mass is 35.5. The van der Waals surface area contributed by atoms with Gasteiger partial charge in [0.05, 0.1) is 17.1 Å². The molecular formula is C11H15ClFN3. The molecule has 4 N–H and O–H groups in total. The maximum absolute atomic E-state index is 14.0. The molecule has 0 saturated carbocycles. The monoisotopic (exact) mass is 243 g/mol. The first-order valence-corrected chi connectivity index (χ1v) is 5.66. The minimum absolute atomic E-state index is 0.0382. The van der Waals surface area contributed by atoms with Crippen LogP contribution in [0.3, 0.4) is 0 Å². The van der Waals surface area contributed by atoms with Gasteiger partial charge in [-0.05, 0) is 18.4 Å². The van der Waals surface area contributed by atoms with Crippen LogP contribution >= 0.6 is 11.6 Å². The molecule has 16 heavy (non-hydrogen) atoms. The number of anilines is 3. The molecule has 0 bridgehead atoms. The zero-order chi connectivity index (χ0) is 11.9. The van der Waals surface area contributed by atoms with E-state index in [1.54, 1.807) is 0 Å². The lowest BCUT2D eigenvalue weighted by Gasteiger charge is -2.22. The lowest BCUT2D eigenvalue weighted by atomic mass is 10.2. The summed E-state index contributed by atoms with van der Waals surface area (Å²) in [6.45, 7) is 3.75. The molecule has 0 aliphatic carbocycles. The first kappa shape index (κ1) is 11.3. The highest BCUT2D eigenvalue weighted by Gasteiger charge is 2.25. The van der Waals surface area contributed by atoms with E-state index in [4.69, 9.17) is 23.1 Å². The average molecular weight is 244 g/mol. The van der Waals surface area contributed by atoms with Gasteiger partial charge in [0.2, 0.25) is 0 Å². The van der Waals surface area contributed by atoms with Gasteiger partial charge in [0.1, 0.15) is 5.02 Å². The van der Waals surface area contributed by atoms with Crippen LogP contribution < -0.4 is 16.4 Å². The number of hydrogen-bond donors (Lipinski definition) is 2. The van der Waals surface area contributed by atoms with Crippen LogP contribution in [-0.2, 0) is 0 Å². The topological polar surface area (TPSA) is 55.3 Å². The first-order valence-electron chi connectivity index (χ1n) is 5.28. The average Bonchev–Trinajstić information content (AvgIpc) is 2.61. The van der Waals surface area contributed by atoms with Crippen LogP contribution in [0, 0.1) is 11.7 Å². The van der Waals surface area contributed by atoms with Crippen molar-refractivity contribution in [1.82, 2.24) is 0 Å². The third-order valence-electron chi connectivity index (χ3n) is 2.98. The standard InChI is InChI=1S/C11H15ClFN3/c1-6-2-3-16(5-6)11-8(15)4-7(14)9(12)10(11)13/h4,6H,2-3,5,14-15H2,1H3. The fourth-order valence-electron chi connectivity index (χ4n) is 2.12. The Kier molecular flexibility index (Phi) is 2.84. The van der Waals surface area contributed by atoms with E-state index in [-0.39, 0.29) is 10.7 Å². The zero-order valence-corrected chi connectivity index (χ0v) is 9.89. The number of nitrogen functional groups attached to an aromatic ring is 2. The van der Waals surface area contributed by atoms with E-state index in [9.17, 15) is 4.39 Å². The molecule has 1 aromatic rings. The lowest BCUT2D eigenvalue weighted by molar-refractivity contribution is 0.621. The minimum Gasteiger partial charge on any atom is -0.397 e. The highest BCUT2D eigenvalue weighted by molar-refractivity contribution is 6.33. The Morgan fingerprint density at radius 2 is 2.12 bits per heavy atom. The Bertz CT molecular complexity index is 422. The number of halogens is 2. The van der Waals surface area contributed by atoms with Crippen LogP contribution in [0.4, 0.5) is 21.5 Å². The number of rotatable bonds is 1. The normalized spacial score (nSPS) is 20.4. The van der Waals surface area contributed by atoms with Gasteiger partial charge < -0.3 is 16.4 Å². The van der Waals surface area contributed by atoms with Crippen molar-refractivity contribution in [1.29, 1.82) is 0 Å². The maximum Gasteiger partial charge on any atom is 0.169 e. The second-order valence-electron chi connectivity index (χ2n) is 4.37. The molecule has 2 rings (SSSR count). The van der Waals surface area contributed by atoms with E-state index in [0.29, 0.717) is 17.3 Å². The van der Waals surface area contributed by atoms with Gasteiger partial charge >= 0.3 is 0 Å². The summed E-state index contributed by atoms with van der Waals surface area (Å²) in [5.74, 6) is 0.0448. The number of benzene rings is 1. The second-order valence-corrected chi connectivity index (χ2v) is 4.75. The van der Waals surface area contributed by atoms with E-state index in [0.717, 1.165) is 19.5 Å². The SMILES string of the molecule is CC1CCN(c2c(N)cc(N)c(Cl)c2F)C1. The van der Waals surface area contributed by atoms with Crippen molar-refractivity contribution in [2.24, 2.45) is 5.92 Å². The van der Waals surface area contributed by atoms with E-state index >= 15 is 0 Å². The van der Waals surface area contributed by atoms with Crippen molar-refractivity contribution < 1.29 is 4.39 Å². The Hall–Kier alpha value is -1.16. The molecule has 3 nitrogen and oxygen atoms in total. The summed E-state index contributed by atoms with van der Waals surface area (Å²) in [4.78, 5) is 1.93. The summed E-state index contributed by atoms with van der Waals surface area (Å²) < 4.78 is 14.0. The fraction of sp³-hybridized carbons (Fsp3) is 0.455. The van der Waals surface area contributed by atoms with Gasteiger partial charge in [0.15, 0.2) is 5.82 Å². The minimum atomic E-state index is -0.506. The molecule has 1 heterocycles. The van der Waals surface area contributed by atoms with E-state index in [1.807, 2.05) is 4.90 Å². The van der Waals surface area contributed by atoms with Crippen molar-refractivity contribution >= 4 is 28.7 Å². The van der Waals surface area contributed by atoms with E-state index < -0.39 is 5.82 Å². The van der Waals surface area contributed by atoms with Crippen LogP contribution in [0.15, 0.2) is 6.07 Å². The molecule has 0 radical (unpaired) electrons. The van der Waals surface area contributed by atoms with Gasteiger partial charge in [-0.15, -0.1) is 0 Å². The molecule has 0 aromatic heterocycles. The molecule has 5 heteroatoms. The smallest absolute Gasteiger partial charge is 0.169 e. The highest BCUT2D eigenvalue weighted by Crippen LogP contribution is 2.38. The Morgan fingerprint density at radius 1 is 1.44 bits per heavy atom. The fourth-order valence-corrected chi connectivity index (χ4v) is 2.26. The van der Waals surface area contributed by atoms with Crippen molar-refractivity contribution in [3.63, 3.8) is 0 Å². The Labute approximate surface area is 99.2 Å². The van der Waals surface area contributed by atoms with Crippen LogP contribution in [0.5, 0.6) is 0 Å². The molecule has 1 aromatic carbocycles. The van der Waals surface area contributed by atoms with Crippen molar-refractivity contribution in [2.45, 2.75) is 13.3 Å². The van der Waals surface area contributed by atoms with Gasteiger partial charge in [-0.3, -0.25) is 0 Å². The predicted octanol–water partition coefficient (Wildman–Crippen LogP) is 2.49. The number of nitrogens with zero attached hydrogens (tertiary/aromatic N) is 1. The van der Waals surface area contributed by atoms with Gasteiger partial charge in [-0.25, -0.2) is 4.39 Å². The molecule has 1 atom stereocenters. The van der Waals surface area contributed by atoms with Crippen molar-refractivity contribution in [2.75, 3.05) is 29.5 Å². The van der Waals surface area contributed by atoms with Crippen molar-refractivity contribution in [3.8, 4) is 0 Å². The lowest BCUT2D eigenvalue weighted by Crippen LogP contribution is -2.22. The summed E-state index contributed by atoms with van der Waals surface area (Å²) in [7, 11) is 0. The molecule has 1 aliphatic rings. The summed E-state index contributed by atoms with van der Waals surface area (Å²) in [6, 6.07) is 1.52. The van der Waals surface area contributed by atoms with Crippen LogP contribution in [-0.4, -0.2) is 13.1 Å². The zero-order valence-electron chi connectivity index (χ0n) is 9.13. The molecule has 88 valence electrons. The van der Waals surface area contributed by atoms with E-state index in [1.165, 1.54) is 6.07 Å². The third kappa shape index (κ3) is 1.78. The van der Waals surface area contributed by atoms with Gasteiger partial charge in [-0.2, -0.15) is 0 Å². The maximum atomic E-state index is 14.0. The molecular weight excluding hydrogens is 229 g/mol. The number of nitrogens with two attached hydrogens (primary N) is 2. The Morgan fingerprint density at radius 3 is 2.69 bits per heavy atom.